The number of aromatic nitrogens is 4. The van der Waals surface area contributed by atoms with Gasteiger partial charge < -0.3 is 19.4 Å². The fraction of sp³-hybridized carbons (Fsp3) is 0.700. The number of carbonyl (C=O) groups is 1. The first kappa shape index (κ1) is 28.4. The van der Waals surface area contributed by atoms with Crippen molar-refractivity contribution in [1.82, 2.24) is 19.5 Å². The minimum absolute atomic E-state index is 0.186. The van der Waals surface area contributed by atoms with Gasteiger partial charge in [-0.05, 0) is 18.1 Å². The molecule has 14 nitrogen and oxygen atoms in total. The summed E-state index contributed by atoms with van der Waals surface area (Å²) in [6.07, 6.45) is -3.58. The van der Waals surface area contributed by atoms with Gasteiger partial charge in [0.05, 0.1) is 12.9 Å². The van der Waals surface area contributed by atoms with Gasteiger partial charge in [0.25, 0.3) is 10.5 Å². The second-order valence-electron chi connectivity index (χ2n) is 10.7. The van der Waals surface area contributed by atoms with Crippen molar-refractivity contribution in [2.75, 3.05) is 11.9 Å². The highest BCUT2D eigenvalue weighted by atomic mass is 32.2. The van der Waals surface area contributed by atoms with Crippen LogP contribution < -0.4 is 16.0 Å². The topological polar surface area (TPSA) is 212 Å². The Bertz CT molecular complexity index is 1320. The molecule has 16 heteroatoms. The van der Waals surface area contributed by atoms with E-state index >= 15 is 0 Å². The molecule has 36 heavy (non-hydrogen) atoms. The number of hydrogen-bond acceptors (Lipinski definition) is 10. The predicted molar refractivity (Wildman–Crippen MR) is 133 cm³/mol. The van der Waals surface area contributed by atoms with E-state index < -0.39 is 65.7 Å². The molecule has 1 saturated heterocycles. The Hall–Kier alpha value is -2.21. The summed E-state index contributed by atoms with van der Waals surface area (Å²) < 4.78 is 38.8. The Labute approximate surface area is 209 Å². The van der Waals surface area contributed by atoms with E-state index in [0.29, 0.717) is 0 Å². The molecule has 1 amide bonds. The summed E-state index contributed by atoms with van der Waals surface area (Å²) in [6.45, 7) is 12.0. The number of aliphatic hydroxyl groups excluding tert-OH is 1. The quantitative estimate of drug-likeness (QED) is 0.293. The molecule has 1 aliphatic rings. The molecule has 0 saturated carbocycles. The zero-order valence-corrected chi connectivity index (χ0v) is 23.1. The van der Waals surface area contributed by atoms with Gasteiger partial charge in [-0.2, -0.15) is 4.98 Å². The zero-order chi connectivity index (χ0) is 27.4. The lowest BCUT2D eigenvalue weighted by Gasteiger charge is -2.42. The molecule has 6 N–H and O–H groups in total. The number of carbonyl (C=O) groups excluding carboxylic acids is 1. The molecule has 0 aromatic carbocycles. The second-order valence-corrected chi connectivity index (χ2v) is 17.2. The molecule has 1 fully saturated rings. The smallest absolute Gasteiger partial charge is 0.280 e. The fourth-order valence-electron chi connectivity index (χ4n) is 3.52. The normalized spacial score (nSPS) is 25.6. The van der Waals surface area contributed by atoms with Crippen molar-refractivity contribution in [1.29, 1.82) is 0 Å². The first-order valence-electron chi connectivity index (χ1n) is 11.3. The average Bonchev–Trinajstić information content (AvgIpc) is 3.26. The number of anilines is 1. The maximum Gasteiger partial charge on any atom is 0.280 e. The number of ether oxygens (including phenoxy) is 1. The largest absolute Gasteiger partial charge is 0.407 e. The van der Waals surface area contributed by atoms with Crippen LogP contribution in [0.5, 0.6) is 0 Å². The van der Waals surface area contributed by atoms with Crippen molar-refractivity contribution in [3.8, 4) is 0 Å². The van der Waals surface area contributed by atoms with Crippen LogP contribution in [0.3, 0.4) is 0 Å². The van der Waals surface area contributed by atoms with Gasteiger partial charge in [-0.3, -0.25) is 24.5 Å². The number of rotatable bonds is 7. The number of primary sulfonamides is 1. The summed E-state index contributed by atoms with van der Waals surface area (Å²) in [7, 11) is -7.55. The van der Waals surface area contributed by atoms with Crippen molar-refractivity contribution in [2.45, 2.75) is 76.1 Å². The van der Waals surface area contributed by atoms with E-state index in [1.165, 1.54) is 0 Å². The summed E-state index contributed by atoms with van der Waals surface area (Å²) in [5.74, 6) is -1.05. The standard InChI is InChI=1S/C20H34N6O8SSi/c1-10(2)15(28)24-18-23-14-12(16(29)25-18)22-9-26(14)17-20(30,35(21,31)32)13(11(8-27)33-17)34-36(6,7)19(3,4)5/h9-11,13,17,27,30H,8H2,1-7H3,(H2,21,31,32)(H2,23,24,25,28,29)/t11-,13-,17-,20+/m1/s1. The molecule has 0 unspecified atom stereocenters. The maximum absolute atomic E-state index is 12.9. The van der Waals surface area contributed by atoms with Gasteiger partial charge >= 0.3 is 0 Å². The van der Waals surface area contributed by atoms with Crippen molar-refractivity contribution in [2.24, 2.45) is 11.1 Å². The molecule has 0 aliphatic carbocycles. The minimum Gasteiger partial charge on any atom is -0.407 e. The highest BCUT2D eigenvalue weighted by Crippen LogP contribution is 2.47. The van der Waals surface area contributed by atoms with E-state index in [1.54, 1.807) is 13.8 Å². The highest BCUT2D eigenvalue weighted by molar-refractivity contribution is 7.90. The zero-order valence-electron chi connectivity index (χ0n) is 21.3. The van der Waals surface area contributed by atoms with Crippen molar-refractivity contribution < 1.29 is 32.6 Å². The predicted octanol–water partition coefficient (Wildman–Crippen LogP) is -0.0287. The molecule has 0 spiro atoms. The molecule has 3 heterocycles. The minimum atomic E-state index is -4.82. The van der Waals surface area contributed by atoms with Crippen molar-refractivity contribution in [3.05, 3.63) is 16.7 Å². The van der Waals surface area contributed by atoms with Gasteiger partial charge in [0.1, 0.15) is 12.2 Å². The van der Waals surface area contributed by atoms with Crippen LogP contribution in [0, 0.1) is 5.92 Å². The van der Waals surface area contributed by atoms with Crippen LogP contribution in [0.25, 0.3) is 11.2 Å². The number of nitrogens with zero attached hydrogens (tertiary/aromatic N) is 3. The van der Waals surface area contributed by atoms with Crippen LogP contribution in [0.2, 0.25) is 18.1 Å². The molecule has 0 radical (unpaired) electrons. The van der Waals surface area contributed by atoms with Crippen LogP contribution in [0.15, 0.2) is 11.1 Å². The van der Waals surface area contributed by atoms with Crippen LogP contribution in [-0.4, -0.2) is 76.1 Å². The third-order valence-electron chi connectivity index (χ3n) is 6.72. The van der Waals surface area contributed by atoms with E-state index in [4.69, 9.17) is 14.3 Å². The second kappa shape index (κ2) is 9.27. The molecule has 2 aromatic heterocycles. The van der Waals surface area contributed by atoms with Gasteiger partial charge in [0.2, 0.25) is 21.9 Å². The number of nitrogens with one attached hydrogen (secondary N) is 2. The number of aliphatic hydroxyl groups is 2. The lowest BCUT2D eigenvalue weighted by molar-refractivity contribution is -0.118. The van der Waals surface area contributed by atoms with Crippen LogP contribution in [0.1, 0.15) is 40.8 Å². The average molecular weight is 547 g/mol. The Morgan fingerprint density at radius 1 is 1.42 bits per heavy atom. The molecule has 4 atom stereocenters. The first-order valence-corrected chi connectivity index (χ1v) is 15.8. The Morgan fingerprint density at radius 3 is 2.53 bits per heavy atom. The molecule has 3 rings (SSSR count). The number of fused-ring (bicyclic) bond motifs is 1. The first-order chi connectivity index (χ1) is 16.3. The summed E-state index contributed by atoms with van der Waals surface area (Å²) >= 11 is 0. The van der Waals surface area contributed by atoms with E-state index in [0.717, 1.165) is 10.9 Å². The number of nitrogens with two attached hydrogens (primary N) is 1. The summed E-state index contributed by atoms with van der Waals surface area (Å²) in [5, 5.41) is 29.3. The van der Waals surface area contributed by atoms with Crippen LogP contribution in [-0.2, 0) is 24.0 Å². The molecule has 202 valence electrons. The third-order valence-corrected chi connectivity index (χ3v) is 12.5. The SMILES string of the molecule is CC(C)C(=O)Nc1nc2c(ncn2[C@@H]2O[C@H](CO)[C@@H](O[Si](C)(C)C(C)(C)C)[C@]2(O)S(N)(=O)=O)c(=O)[nH]1. The Morgan fingerprint density at radius 2 is 2.03 bits per heavy atom. The van der Waals surface area contributed by atoms with Crippen LogP contribution in [0.4, 0.5) is 5.95 Å². The summed E-state index contributed by atoms with van der Waals surface area (Å²) in [4.78, 5) is 32.4. The van der Waals surface area contributed by atoms with Gasteiger partial charge in [-0.15, -0.1) is 0 Å². The number of imidazole rings is 1. The van der Waals surface area contributed by atoms with Gasteiger partial charge in [0.15, 0.2) is 25.7 Å². The molecule has 2 aromatic rings. The van der Waals surface area contributed by atoms with Crippen molar-refractivity contribution >= 4 is 41.4 Å². The molecular formula is C20H34N6O8SSi. The Balaban J connectivity index is 2.19. The number of sulfonamides is 1. The lowest BCUT2D eigenvalue weighted by Crippen LogP contribution is -2.60. The summed E-state index contributed by atoms with van der Waals surface area (Å²) in [5.41, 5.74) is -1.11. The molecule has 0 bridgehead atoms. The van der Waals surface area contributed by atoms with E-state index in [2.05, 4.69) is 20.3 Å². The van der Waals surface area contributed by atoms with Crippen LogP contribution >= 0.6 is 0 Å². The number of aromatic amines is 1. The number of amides is 1. The van der Waals surface area contributed by atoms with Gasteiger partial charge in [-0.1, -0.05) is 34.6 Å². The molecular weight excluding hydrogens is 512 g/mol. The Kier molecular flexibility index (Phi) is 7.30. The van der Waals surface area contributed by atoms with E-state index in [9.17, 15) is 28.2 Å². The highest BCUT2D eigenvalue weighted by Gasteiger charge is 2.66. The van der Waals surface area contributed by atoms with E-state index in [1.807, 2.05) is 33.9 Å². The van der Waals surface area contributed by atoms with Crippen molar-refractivity contribution in [3.63, 3.8) is 0 Å². The molecule has 1 aliphatic heterocycles. The maximum atomic E-state index is 12.9. The monoisotopic (exact) mass is 546 g/mol. The van der Waals surface area contributed by atoms with E-state index in [-0.39, 0.29) is 22.2 Å². The van der Waals surface area contributed by atoms with Gasteiger partial charge in [0, 0.05) is 5.92 Å². The number of hydrogen-bond donors (Lipinski definition) is 5. The number of H-pyrrole nitrogens is 1. The summed E-state index contributed by atoms with van der Waals surface area (Å²) in [6, 6.07) is 0. The fourth-order valence-corrected chi connectivity index (χ4v) is 5.90. The lowest BCUT2D eigenvalue weighted by atomic mass is 10.1. The van der Waals surface area contributed by atoms with Gasteiger partial charge in [-0.25, -0.2) is 18.5 Å². The third kappa shape index (κ3) is 4.73.